The van der Waals surface area contributed by atoms with E-state index in [4.69, 9.17) is 37.5 Å². The average molecular weight is 451 g/mol. The van der Waals surface area contributed by atoms with Crippen molar-refractivity contribution in [2.45, 2.75) is 51.6 Å². The molecule has 0 amide bonds. The normalized spacial score (nSPS) is 14.6. The van der Waals surface area contributed by atoms with E-state index in [0.717, 1.165) is 36.8 Å². The van der Waals surface area contributed by atoms with Gasteiger partial charge in [0.25, 0.3) is 0 Å². The molecular weight excluding hydrogens is 427 g/mol. The van der Waals surface area contributed by atoms with Crippen LogP contribution in [0, 0.1) is 0 Å². The fourth-order valence-corrected chi connectivity index (χ4v) is 3.81. The molecule has 8 heteroatoms. The summed E-state index contributed by atoms with van der Waals surface area (Å²) in [5, 5.41) is 4.67. The molecule has 1 aromatic heterocycles. The fourth-order valence-electron chi connectivity index (χ4n) is 3.30. The largest absolute Gasteiger partial charge is 0.493 e. The predicted octanol–water partition coefficient (Wildman–Crippen LogP) is 5.62. The molecule has 0 spiro atoms. The number of carbonyl (C=O) groups is 1. The topological polar surface area (TPSA) is 70.0 Å². The van der Waals surface area contributed by atoms with Gasteiger partial charge in [0, 0.05) is 18.4 Å². The van der Waals surface area contributed by atoms with Gasteiger partial charge in [-0.2, -0.15) is 0 Å². The van der Waals surface area contributed by atoms with Crippen LogP contribution in [0.15, 0.2) is 35.5 Å². The molecule has 0 bridgehead atoms. The number of methoxy groups -OCH3 is 1. The summed E-state index contributed by atoms with van der Waals surface area (Å²) < 4.78 is 11.6. The molecule has 1 aromatic carbocycles. The van der Waals surface area contributed by atoms with Crippen LogP contribution in [0.5, 0.6) is 11.5 Å². The minimum absolute atomic E-state index is 0.172. The number of oxime groups is 1. The first kappa shape index (κ1) is 22.4. The first-order chi connectivity index (χ1) is 14.5. The SMILES string of the molecule is CCC(=O)O/N=C(/Cc1cc(Cl)nc(Cl)c1)c1ccc(OC)c(OC2CCCC2)c1. The zero-order valence-corrected chi connectivity index (χ0v) is 18.5. The van der Waals surface area contributed by atoms with Crippen molar-refractivity contribution in [1.82, 2.24) is 4.98 Å². The molecule has 1 aliphatic carbocycles. The Kier molecular flexibility index (Phi) is 7.94. The van der Waals surface area contributed by atoms with Gasteiger partial charge in [-0.1, -0.05) is 35.3 Å². The highest BCUT2D eigenvalue weighted by Gasteiger charge is 2.20. The third-order valence-electron chi connectivity index (χ3n) is 4.83. The number of nitrogens with zero attached hydrogens (tertiary/aromatic N) is 2. The molecule has 6 nitrogen and oxygen atoms in total. The first-order valence-corrected chi connectivity index (χ1v) is 10.7. The van der Waals surface area contributed by atoms with Crippen LogP contribution in [-0.4, -0.2) is 29.9 Å². The maximum atomic E-state index is 11.7. The molecule has 0 atom stereocenters. The lowest BCUT2D eigenvalue weighted by Gasteiger charge is -2.17. The van der Waals surface area contributed by atoms with Crippen molar-refractivity contribution in [3.05, 3.63) is 51.8 Å². The Labute approximate surface area is 186 Å². The van der Waals surface area contributed by atoms with Crippen LogP contribution in [-0.2, 0) is 16.1 Å². The summed E-state index contributed by atoms with van der Waals surface area (Å²) in [6, 6.07) is 8.93. The lowest BCUT2D eigenvalue weighted by atomic mass is 10.0. The van der Waals surface area contributed by atoms with E-state index >= 15 is 0 Å². The van der Waals surface area contributed by atoms with Gasteiger partial charge in [-0.25, -0.2) is 9.78 Å². The van der Waals surface area contributed by atoms with E-state index in [1.165, 1.54) is 0 Å². The summed E-state index contributed by atoms with van der Waals surface area (Å²) in [5.74, 6) is 0.863. The number of benzene rings is 1. The van der Waals surface area contributed by atoms with Crippen LogP contribution in [0.25, 0.3) is 0 Å². The second-order valence-electron chi connectivity index (χ2n) is 7.04. The second-order valence-corrected chi connectivity index (χ2v) is 7.82. The Morgan fingerprint density at radius 1 is 1.13 bits per heavy atom. The molecule has 1 saturated carbocycles. The maximum absolute atomic E-state index is 11.7. The van der Waals surface area contributed by atoms with Crippen LogP contribution >= 0.6 is 23.2 Å². The summed E-state index contributed by atoms with van der Waals surface area (Å²) >= 11 is 12.1. The molecule has 160 valence electrons. The van der Waals surface area contributed by atoms with Crippen molar-refractivity contribution in [1.29, 1.82) is 0 Å². The van der Waals surface area contributed by atoms with Crippen LogP contribution < -0.4 is 9.47 Å². The summed E-state index contributed by atoms with van der Waals surface area (Å²) in [6.07, 6.45) is 5.11. The Bertz CT molecular complexity index is 907. The summed E-state index contributed by atoms with van der Waals surface area (Å²) in [4.78, 5) is 20.7. The number of hydrogen-bond acceptors (Lipinski definition) is 6. The Morgan fingerprint density at radius 3 is 2.47 bits per heavy atom. The van der Waals surface area contributed by atoms with Gasteiger partial charge in [0.2, 0.25) is 0 Å². The Hall–Kier alpha value is -2.31. The highest BCUT2D eigenvalue weighted by atomic mass is 35.5. The third kappa shape index (κ3) is 6.09. The monoisotopic (exact) mass is 450 g/mol. The van der Waals surface area contributed by atoms with Crippen molar-refractivity contribution >= 4 is 34.9 Å². The summed E-state index contributed by atoms with van der Waals surface area (Å²) in [6.45, 7) is 1.71. The maximum Gasteiger partial charge on any atom is 0.334 e. The average Bonchev–Trinajstić information content (AvgIpc) is 3.23. The molecule has 2 aromatic rings. The van der Waals surface area contributed by atoms with Crippen molar-refractivity contribution in [2.75, 3.05) is 7.11 Å². The molecule has 0 radical (unpaired) electrons. The van der Waals surface area contributed by atoms with Crippen molar-refractivity contribution in [3.63, 3.8) is 0 Å². The minimum Gasteiger partial charge on any atom is -0.493 e. The molecule has 30 heavy (non-hydrogen) atoms. The molecule has 0 unspecified atom stereocenters. The number of aromatic nitrogens is 1. The second kappa shape index (κ2) is 10.6. The predicted molar refractivity (Wildman–Crippen MR) is 117 cm³/mol. The van der Waals surface area contributed by atoms with Crippen LogP contribution in [0.1, 0.15) is 50.2 Å². The quantitative estimate of drug-likeness (QED) is 0.226. The molecule has 0 N–H and O–H groups in total. The van der Waals surface area contributed by atoms with Gasteiger partial charge in [-0.15, -0.1) is 0 Å². The number of pyridine rings is 1. The molecule has 3 rings (SSSR count). The first-order valence-electron chi connectivity index (χ1n) is 9.92. The van der Waals surface area contributed by atoms with Crippen LogP contribution in [0.3, 0.4) is 0 Å². The number of rotatable bonds is 8. The van der Waals surface area contributed by atoms with Crippen LogP contribution in [0.4, 0.5) is 0 Å². The van der Waals surface area contributed by atoms with Gasteiger partial charge < -0.3 is 14.3 Å². The lowest BCUT2D eigenvalue weighted by molar-refractivity contribution is -0.143. The molecule has 0 aliphatic heterocycles. The standard InChI is InChI=1S/C22H24Cl2N2O4/c1-3-22(27)30-26-17(10-14-11-20(23)25-21(24)12-14)15-8-9-18(28-2)19(13-15)29-16-6-4-5-7-16/h8-9,11-13,16H,3-7,10H2,1-2H3/b26-17-. The van der Waals surface area contributed by atoms with E-state index in [9.17, 15) is 4.79 Å². The lowest BCUT2D eigenvalue weighted by Crippen LogP contribution is -2.13. The van der Waals surface area contributed by atoms with Crippen molar-refractivity contribution < 1.29 is 19.1 Å². The molecular formula is C22H24Cl2N2O4. The number of ether oxygens (including phenoxy) is 2. The molecule has 1 fully saturated rings. The smallest absolute Gasteiger partial charge is 0.334 e. The van der Waals surface area contributed by atoms with Gasteiger partial charge in [0.05, 0.1) is 18.9 Å². The van der Waals surface area contributed by atoms with E-state index < -0.39 is 5.97 Å². The zero-order valence-electron chi connectivity index (χ0n) is 17.0. The van der Waals surface area contributed by atoms with E-state index in [0.29, 0.717) is 23.6 Å². The fraction of sp³-hybridized carbons (Fsp3) is 0.409. The van der Waals surface area contributed by atoms with Gasteiger partial charge >= 0.3 is 5.97 Å². The molecule has 1 heterocycles. The Balaban J connectivity index is 1.94. The Morgan fingerprint density at radius 2 is 1.83 bits per heavy atom. The van der Waals surface area contributed by atoms with Crippen molar-refractivity contribution in [3.8, 4) is 11.5 Å². The van der Waals surface area contributed by atoms with Crippen LogP contribution in [0.2, 0.25) is 10.3 Å². The molecule has 1 aliphatic rings. The van der Waals surface area contributed by atoms with Gasteiger partial charge in [0.1, 0.15) is 10.3 Å². The highest BCUT2D eigenvalue weighted by molar-refractivity contribution is 6.32. The minimum atomic E-state index is -0.422. The number of halogens is 2. The van der Waals surface area contributed by atoms with Gasteiger partial charge in [-0.05, 0) is 61.6 Å². The number of carbonyl (C=O) groups excluding carboxylic acids is 1. The van der Waals surface area contributed by atoms with Crippen molar-refractivity contribution in [2.24, 2.45) is 5.16 Å². The molecule has 0 saturated heterocycles. The van der Waals surface area contributed by atoms with E-state index in [1.54, 1.807) is 26.2 Å². The van der Waals surface area contributed by atoms with Gasteiger partial charge in [-0.3, -0.25) is 0 Å². The number of hydrogen-bond donors (Lipinski definition) is 0. The van der Waals surface area contributed by atoms with E-state index in [-0.39, 0.29) is 22.8 Å². The zero-order chi connectivity index (χ0) is 21.5. The summed E-state index contributed by atoms with van der Waals surface area (Å²) in [5.41, 5.74) is 2.08. The summed E-state index contributed by atoms with van der Waals surface area (Å²) in [7, 11) is 1.61. The highest BCUT2D eigenvalue weighted by Crippen LogP contribution is 2.33. The van der Waals surface area contributed by atoms with Gasteiger partial charge in [0.15, 0.2) is 11.5 Å². The third-order valence-corrected chi connectivity index (χ3v) is 5.22. The van der Waals surface area contributed by atoms with E-state index in [2.05, 4.69) is 10.1 Å². The van der Waals surface area contributed by atoms with E-state index in [1.807, 2.05) is 18.2 Å².